The topological polar surface area (TPSA) is 42.0 Å². The van der Waals surface area contributed by atoms with Crippen LogP contribution in [0.2, 0.25) is 0 Å². The van der Waals surface area contributed by atoms with E-state index in [0.717, 1.165) is 5.69 Å². The van der Waals surface area contributed by atoms with Gasteiger partial charge < -0.3 is 5.32 Å². The molecule has 0 aromatic carbocycles. The van der Waals surface area contributed by atoms with Gasteiger partial charge in [0, 0.05) is 11.6 Å². The molecule has 0 unspecified atom stereocenters. The van der Waals surface area contributed by atoms with Crippen molar-refractivity contribution in [1.82, 2.24) is 10.3 Å². The SMILES string of the molecule is CC(C)(C)C(=O)N[CH]c1ccccn1. The predicted octanol–water partition coefficient (Wildman–Crippen LogP) is 1.75. The van der Waals surface area contributed by atoms with Crippen LogP contribution >= 0.6 is 0 Å². The number of nitrogens with zero attached hydrogens (tertiary/aromatic N) is 1. The molecule has 0 fully saturated rings. The van der Waals surface area contributed by atoms with E-state index in [1.807, 2.05) is 39.0 Å². The van der Waals surface area contributed by atoms with Crippen LogP contribution in [0.5, 0.6) is 0 Å². The van der Waals surface area contributed by atoms with E-state index in [1.54, 1.807) is 12.7 Å². The van der Waals surface area contributed by atoms with Gasteiger partial charge in [-0.2, -0.15) is 0 Å². The lowest BCUT2D eigenvalue weighted by molar-refractivity contribution is -0.127. The summed E-state index contributed by atoms with van der Waals surface area (Å²) in [4.78, 5) is 15.5. The summed E-state index contributed by atoms with van der Waals surface area (Å²) in [6, 6.07) is 5.55. The van der Waals surface area contributed by atoms with Crippen LogP contribution < -0.4 is 5.32 Å². The van der Waals surface area contributed by atoms with Gasteiger partial charge in [0.05, 0.1) is 12.2 Å². The van der Waals surface area contributed by atoms with Gasteiger partial charge in [-0.15, -0.1) is 0 Å². The first kappa shape index (κ1) is 10.7. The quantitative estimate of drug-likeness (QED) is 0.773. The number of hydrogen-bond acceptors (Lipinski definition) is 2. The normalized spacial score (nSPS) is 11.1. The lowest BCUT2D eigenvalue weighted by Crippen LogP contribution is -2.33. The monoisotopic (exact) mass is 191 g/mol. The second kappa shape index (κ2) is 4.22. The Morgan fingerprint density at radius 1 is 1.43 bits per heavy atom. The van der Waals surface area contributed by atoms with Gasteiger partial charge >= 0.3 is 0 Å². The van der Waals surface area contributed by atoms with Gasteiger partial charge in [0.1, 0.15) is 0 Å². The van der Waals surface area contributed by atoms with E-state index in [-0.39, 0.29) is 11.3 Å². The molecule has 1 radical (unpaired) electrons. The summed E-state index contributed by atoms with van der Waals surface area (Å²) in [5.41, 5.74) is 0.385. The summed E-state index contributed by atoms with van der Waals surface area (Å²) < 4.78 is 0. The summed E-state index contributed by atoms with van der Waals surface area (Å²) in [5.74, 6) is -0.0110. The summed E-state index contributed by atoms with van der Waals surface area (Å²) in [6.45, 7) is 7.23. The molecule has 3 heteroatoms. The molecule has 1 aromatic heterocycles. The molecule has 1 amide bonds. The molecule has 14 heavy (non-hydrogen) atoms. The molecule has 1 heterocycles. The molecule has 1 aromatic rings. The van der Waals surface area contributed by atoms with Crippen LogP contribution in [0.1, 0.15) is 26.5 Å². The van der Waals surface area contributed by atoms with E-state index in [4.69, 9.17) is 0 Å². The first-order chi connectivity index (χ1) is 6.50. The lowest BCUT2D eigenvalue weighted by atomic mass is 9.96. The van der Waals surface area contributed by atoms with Gasteiger partial charge in [0.25, 0.3) is 0 Å². The molecule has 75 valence electrons. The van der Waals surface area contributed by atoms with Crippen LogP contribution in [0, 0.1) is 12.0 Å². The number of amides is 1. The summed E-state index contributed by atoms with van der Waals surface area (Å²) >= 11 is 0. The molecule has 3 nitrogen and oxygen atoms in total. The van der Waals surface area contributed by atoms with Crippen LogP contribution in [-0.2, 0) is 4.79 Å². The number of nitrogens with one attached hydrogen (secondary N) is 1. The second-order valence-corrected chi connectivity index (χ2v) is 4.12. The maximum atomic E-state index is 11.5. The minimum Gasteiger partial charge on any atom is -0.345 e. The number of carbonyl (C=O) groups excluding carboxylic acids is 1. The number of aromatic nitrogens is 1. The third kappa shape index (κ3) is 3.17. The molecule has 0 aliphatic carbocycles. The van der Waals surface area contributed by atoms with Crippen molar-refractivity contribution in [1.29, 1.82) is 0 Å². The minimum absolute atomic E-state index is 0.0110. The zero-order chi connectivity index (χ0) is 10.6. The van der Waals surface area contributed by atoms with E-state index in [9.17, 15) is 4.79 Å². The highest BCUT2D eigenvalue weighted by atomic mass is 16.2. The highest BCUT2D eigenvalue weighted by Gasteiger charge is 2.20. The molecule has 0 saturated heterocycles. The van der Waals surface area contributed by atoms with Crippen LogP contribution in [0.15, 0.2) is 24.4 Å². The van der Waals surface area contributed by atoms with Crippen molar-refractivity contribution >= 4 is 5.91 Å². The van der Waals surface area contributed by atoms with E-state index < -0.39 is 0 Å². The van der Waals surface area contributed by atoms with Crippen molar-refractivity contribution in [3.8, 4) is 0 Å². The smallest absolute Gasteiger partial charge is 0.225 e. The third-order valence-electron chi connectivity index (χ3n) is 1.72. The Hall–Kier alpha value is -1.38. The Bertz CT molecular complexity index is 301. The minimum atomic E-state index is -0.370. The van der Waals surface area contributed by atoms with Crippen molar-refractivity contribution in [3.63, 3.8) is 0 Å². The van der Waals surface area contributed by atoms with Crippen molar-refractivity contribution < 1.29 is 4.79 Å². The third-order valence-corrected chi connectivity index (χ3v) is 1.72. The van der Waals surface area contributed by atoms with Crippen LogP contribution in [0.3, 0.4) is 0 Å². The number of rotatable bonds is 2. The molecule has 0 spiro atoms. The van der Waals surface area contributed by atoms with Crippen LogP contribution in [0.25, 0.3) is 0 Å². The molecule has 1 rings (SSSR count). The van der Waals surface area contributed by atoms with Crippen LogP contribution in [-0.4, -0.2) is 10.9 Å². The van der Waals surface area contributed by atoms with Gasteiger partial charge in [-0.1, -0.05) is 26.8 Å². The average Bonchev–Trinajstić information content (AvgIpc) is 2.14. The maximum absolute atomic E-state index is 11.5. The predicted molar refractivity (Wildman–Crippen MR) is 55.2 cm³/mol. The van der Waals surface area contributed by atoms with Crippen molar-refractivity contribution in [3.05, 3.63) is 36.6 Å². The summed E-state index contributed by atoms with van der Waals surface area (Å²) in [6.07, 6.45) is 1.69. The van der Waals surface area contributed by atoms with E-state index >= 15 is 0 Å². The highest BCUT2D eigenvalue weighted by Crippen LogP contribution is 2.12. The number of pyridine rings is 1. The van der Waals surface area contributed by atoms with Crippen LogP contribution in [0.4, 0.5) is 0 Å². The largest absolute Gasteiger partial charge is 0.345 e. The fourth-order valence-corrected chi connectivity index (χ4v) is 0.817. The summed E-state index contributed by atoms with van der Waals surface area (Å²) in [7, 11) is 0. The van der Waals surface area contributed by atoms with Gasteiger partial charge in [-0.3, -0.25) is 9.78 Å². The molecular formula is C11H15N2O. The molecule has 0 aliphatic rings. The van der Waals surface area contributed by atoms with E-state index in [2.05, 4.69) is 10.3 Å². The molecule has 0 bridgehead atoms. The molecule has 1 N–H and O–H groups in total. The van der Waals surface area contributed by atoms with Crippen molar-refractivity contribution in [2.45, 2.75) is 20.8 Å². The molecule has 0 saturated carbocycles. The molecule has 0 aliphatic heterocycles. The summed E-state index contributed by atoms with van der Waals surface area (Å²) in [5, 5.41) is 2.71. The standard InChI is InChI=1S/C11H15N2O/c1-11(2,3)10(14)13-8-9-6-4-5-7-12-9/h4-8H,1-3H3,(H,13,14). The fourth-order valence-electron chi connectivity index (χ4n) is 0.817. The zero-order valence-electron chi connectivity index (χ0n) is 8.74. The van der Waals surface area contributed by atoms with Crippen molar-refractivity contribution in [2.75, 3.05) is 0 Å². The first-order valence-corrected chi connectivity index (χ1v) is 4.55. The van der Waals surface area contributed by atoms with Gasteiger partial charge in [-0.25, -0.2) is 0 Å². The van der Waals surface area contributed by atoms with Crippen molar-refractivity contribution in [2.24, 2.45) is 5.41 Å². The van der Waals surface area contributed by atoms with Gasteiger partial charge in [-0.05, 0) is 12.1 Å². The van der Waals surface area contributed by atoms with Gasteiger partial charge in [0.2, 0.25) is 5.91 Å². The highest BCUT2D eigenvalue weighted by molar-refractivity contribution is 5.82. The average molecular weight is 191 g/mol. The Kier molecular flexibility index (Phi) is 3.23. The molecular weight excluding hydrogens is 176 g/mol. The Labute approximate surface area is 84.6 Å². The van der Waals surface area contributed by atoms with Gasteiger partial charge in [0.15, 0.2) is 0 Å². The van der Waals surface area contributed by atoms with E-state index in [1.165, 1.54) is 0 Å². The fraction of sp³-hybridized carbons (Fsp3) is 0.364. The number of carbonyl (C=O) groups is 1. The maximum Gasteiger partial charge on any atom is 0.225 e. The number of hydrogen-bond donors (Lipinski definition) is 1. The molecule has 0 atom stereocenters. The lowest BCUT2D eigenvalue weighted by Gasteiger charge is -2.16. The Morgan fingerprint density at radius 2 is 2.14 bits per heavy atom. The zero-order valence-corrected chi connectivity index (χ0v) is 8.74. The van der Waals surface area contributed by atoms with E-state index in [0.29, 0.717) is 0 Å². The Balaban J connectivity index is 2.46. The first-order valence-electron chi connectivity index (χ1n) is 4.55. The Morgan fingerprint density at radius 3 is 2.64 bits per heavy atom. The second-order valence-electron chi connectivity index (χ2n) is 4.12.